The van der Waals surface area contributed by atoms with Crippen molar-refractivity contribution in [1.29, 1.82) is 0 Å². The maximum atomic E-state index is 12.3. The van der Waals surface area contributed by atoms with Crippen LogP contribution in [0.5, 0.6) is 0 Å². The average molecular weight is 320 g/mol. The van der Waals surface area contributed by atoms with E-state index in [-0.39, 0.29) is 12.1 Å². The molecule has 0 saturated carbocycles. The van der Waals surface area contributed by atoms with E-state index in [0.29, 0.717) is 32.8 Å². The summed E-state index contributed by atoms with van der Waals surface area (Å²) in [6.07, 6.45) is 3.79. The van der Waals surface area contributed by atoms with Gasteiger partial charge in [0, 0.05) is 13.1 Å². The van der Waals surface area contributed by atoms with Crippen LogP contribution in [0.2, 0.25) is 0 Å². The number of amides is 2. The third-order valence-electron chi connectivity index (χ3n) is 4.21. The lowest BCUT2D eigenvalue weighted by Gasteiger charge is -2.32. The Hall–Kier alpha value is -1.79. The molecule has 1 N–H and O–H groups in total. The number of nitrogens with zero attached hydrogens (tertiary/aromatic N) is 1. The maximum absolute atomic E-state index is 12.3. The van der Waals surface area contributed by atoms with Gasteiger partial charge in [0.25, 0.3) is 0 Å². The Labute approximate surface area is 136 Å². The topological polar surface area (TPSA) is 63.9 Å². The second kappa shape index (κ2) is 7.66. The highest BCUT2D eigenvalue weighted by molar-refractivity contribution is 5.74. The smallest absolute Gasteiger partial charge is 0.317 e. The number of nitrogens with one attached hydrogen (secondary N) is 1. The highest BCUT2D eigenvalue weighted by Gasteiger charge is 2.27. The van der Waals surface area contributed by atoms with Gasteiger partial charge < -0.3 is 24.1 Å². The van der Waals surface area contributed by atoms with Crippen LogP contribution in [0.3, 0.4) is 0 Å². The van der Waals surface area contributed by atoms with Crippen LogP contribution in [-0.4, -0.2) is 50.4 Å². The van der Waals surface area contributed by atoms with Gasteiger partial charge in [-0.15, -0.1) is 0 Å². The highest BCUT2D eigenvalue weighted by atomic mass is 16.5. The van der Waals surface area contributed by atoms with Gasteiger partial charge in [0.05, 0.1) is 26.4 Å². The summed E-state index contributed by atoms with van der Waals surface area (Å²) in [5.74, 6) is 1.64. The molecule has 2 aliphatic heterocycles. The number of carbonyl (C=O) groups is 1. The van der Waals surface area contributed by atoms with E-state index in [0.717, 1.165) is 31.0 Å². The first-order valence-corrected chi connectivity index (χ1v) is 8.19. The summed E-state index contributed by atoms with van der Waals surface area (Å²) < 4.78 is 16.6. The van der Waals surface area contributed by atoms with E-state index in [1.807, 2.05) is 19.1 Å². The minimum Gasteiger partial charge on any atom is -0.464 e. The molecular weight excluding hydrogens is 296 g/mol. The number of ether oxygens (including phenoxy) is 2. The fourth-order valence-corrected chi connectivity index (χ4v) is 2.87. The second-order valence-corrected chi connectivity index (χ2v) is 5.92. The van der Waals surface area contributed by atoms with E-state index in [2.05, 4.69) is 11.4 Å². The monoisotopic (exact) mass is 320 g/mol. The molecule has 126 valence electrons. The summed E-state index contributed by atoms with van der Waals surface area (Å²) >= 11 is 0. The number of rotatable bonds is 4. The molecule has 1 saturated heterocycles. The van der Waals surface area contributed by atoms with E-state index < -0.39 is 0 Å². The Morgan fingerprint density at radius 3 is 3.04 bits per heavy atom. The highest BCUT2D eigenvalue weighted by Crippen LogP contribution is 2.24. The van der Waals surface area contributed by atoms with Crippen LogP contribution in [-0.2, 0) is 9.47 Å². The van der Waals surface area contributed by atoms with Crippen LogP contribution in [0.25, 0.3) is 0 Å². The van der Waals surface area contributed by atoms with E-state index in [9.17, 15) is 4.79 Å². The van der Waals surface area contributed by atoms with Crippen molar-refractivity contribution < 1.29 is 18.7 Å². The van der Waals surface area contributed by atoms with Gasteiger partial charge in [0.1, 0.15) is 17.6 Å². The largest absolute Gasteiger partial charge is 0.464 e. The number of carbonyl (C=O) groups excluding carboxylic acids is 1. The molecule has 0 unspecified atom stereocenters. The third-order valence-corrected chi connectivity index (χ3v) is 4.21. The first-order chi connectivity index (χ1) is 11.2. The zero-order valence-electron chi connectivity index (χ0n) is 13.5. The van der Waals surface area contributed by atoms with Gasteiger partial charge in [0.15, 0.2) is 0 Å². The van der Waals surface area contributed by atoms with Crippen LogP contribution in [0.4, 0.5) is 4.79 Å². The predicted molar refractivity (Wildman–Crippen MR) is 85.2 cm³/mol. The Morgan fingerprint density at radius 1 is 1.39 bits per heavy atom. The van der Waals surface area contributed by atoms with E-state index in [1.165, 1.54) is 5.57 Å². The number of aryl methyl sites for hydroxylation is 1. The molecule has 3 heterocycles. The summed E-state index contributed by atoms with van der Waals surface area (Å²) in [7, 11) is 0. The van der Waals surface area contributed by atoms with Crippen LogP contribution in [0.15, 0.2) is 28.2 Å². The summed E-state index contributed by atoms with van der Waals surface area (Å²) in [5.41, 5.74) is 1.36. The Balaban J connectivity index is 1.46. The van der Waals surface area contributed by atoms with E-state index >= 15 is 0 Å². The van der Waals surface area contributed by atoms with Crippen LogP contribution in [0, 0.1) is 6.92 Å². The summed E-state index contributed by atoms with van der Waals surface area (Å²) in [4.78, 5) is 14.1. The summed E-state index contributed by atoms with van der Waals surface area (Å²) in [6, 6.07) is 3.80. The Bertz CT molecular complexity index is 567. The van der Waals surface area contributed by atoms with Crippen LogP contribution in [0.1, 0.15) is 30.5 Å². The van der Waals surface area contributed by atoms with Gasteiger partial charge in [-0.25, -0.2) is 4.79 Å². The van der Waals surface area contributed by atoms with Crippen molar-refractivity contribution in [3.05, 3.63) is 35.3 Å². The molecule has 1 fully saturated rings. The van der Waals surface area contributed by atoms with Gasteiger partial charge in [-0.1, -0.05) is 11.6 Å². The van der Waals surface area contributed by atoms with Crippen molar-refractivity contribution in [2.75, 3.05) is 39.5 Å². The summed E-state index contributed by atoms with van der Waals surface area (Å²) in [5, 5.41) is 3.00. The zero-order chi connectivity index (χ0) is 16.1. The lowest BCUT2D eigenvalue weighted by Crippen LogP contribution is -2.47. The van der Waals surface area contributed by atoms with Crippen molar-refractivity contribution in [3.8, 4) is 0 Å². The van der Waals surface area contributed by atoms with Gasteiger partial charge in [-0.3, -0.25) is 0 Å². The minimum atomic E-state index is -0.179. The lowest BCUT2D eigenvalue weighted by molar-refractivity contribution is -0.0263. The molecule has 23 heavy (non-hydrogen) atoms. The van der Waals surface area contributed by atoms with Gasteiger partial charge in [-0.05, 0) is 31.9 Å². The second-order valence-electron chi connectivity index (χ2n) is 5.92. The number of hydrogen-bond acceptors (Lipinski definition) is 4. The molecule has 6 heteroatoms. The first kappa shape index (κ1) is 16.1. The Kier molecular flexibility index (Phi) is 5.35. The van der Waals surface area contributed by atoms with Crippen molar-refractivity contribution in [2.45, 2.75) is 25.9 Å². The van der Waals surface area contributed by atoms with Crippen molar-refractivity contribution in [1.82, 2.24) is 10.2 Å². The van der Waals surface area contributed by atoms with Crippen molar-refractivity contribution >= 4 is 6.03 Å². The molecule has 6 nitrogen and oxygen atoms in total. The SMILES string of the molecule is Cc1ccc([C@H]2CN(C(=O)NCCC3=CCOCC3)CCO2)o1. The molecule has 0 bridgehead atoms. The quantitative estimate of drug-likeness (QED) is 0.865. The standard InChI is InChI=1S/C17H24N2O4/c1-13-2-3-15(23-13)16-12-19(8-11-22-16)17(20)18-7-4-14-5-9-21-10-6-14/h2-3,5,16H,4,6-12H2,1H3,(H,18,20)/t16-/m1/s1. The number of hydrogen-bond donors (Lipinski definition) is 1. The zero-order valence-corrected chi connectivity index (χ0v) is 13.5. The molecule has 0 radical (unpaired) electrons. The fourth-order valence-electron chi connectivity index (χ4n) is 2.87. The molecule has 1 aromatic heterocycles. The van der Waals surface area contributed by atoms with Crippen LogP contribution >= 0.6 is 0 Å². The first-order valence-electron chi connectivity index (χ1n) is 8.19. The number of urea groups is 1. The summed E-state index contributed by atoms with van der Waals surface area (Å²) in [6.45, 7) is 5.70. The maximum Gasteiger partial charge on any atom is 0.317 e. The molecule has 2 amide bonds. The Morgan fingerprint density at radius 2 is 2.30 bits per heavy atom. The number of furan rings is 1. The third kappa shape index (κ3) is 4.36. The van der Waals surface area contributed by atoms with E-state index in [4.69, 9.17) is 13.9 Å². The van der Waals surface area contributed by atoms with Crippen LogP contribution < -0.4 is 5.32 Å². The minimum absolute atomic E-state index is 0.0331. The van der Waals surface area contributed by atoms with Crippen molar-refractivity contribution in [3.63, 3.8) is 0 Å². The normalized spacial score (nSPS) is 21.9. The fraction of sp³-hybridized carbons (Fsp3) is 0.588. The van der Waals surface area contributed by atoms with E-state index in [1.54, 1.807) is 4.90 Å². The molecule has 1 atom stereocenters. The molecule has 0 aromatic carbocycles. The number of morpholine rings is 1. The molecule has 1 aromatic rings. The molecule has 3 rings (SSSR count). The van der Waals surface area contributed by atoms with Crippen molar-refractivity contribution in [2.24, 2.45) is 0 Å². The molecule has 0 aliphatic carbocycles. The molecule has 0 spiro atoms. The van der Waals surface area contributed by atoms with Gasteiger partial charge in [0.2, 0.25) is 0 Å². The molecule has 2 aliphatic rings. The predicted octanol–water partition coefficient (Wildman–Crippen LogP) is 2.41. The lowest BCUT2D eigenvalue weighted by atomic mass is 10.1. The van der Waals surface area contributed by atoms with Gasteiger partial charge in [-0.2, -0.15) is 0 Å². The average Bonchev–Trinajstić information content (AvgIpc) is 3.02. The molecular formula is C17H24N2O4. The van der Waals surface area contributed by atoms with Gasteiger partial charge >= 0.3 is 6.03 Å².